The number of benzene rings is 3. The van der Waals surface area contributed by atoms with Crippen LogP contribution in [0.3, 0.4) is 0 Å². The highest BCUT2D eigenvalue weighted by Gasteiger charge is 2.26. The zero-order chi connectivity index (χ0) is 19.6. The van der Waals surface area contributed by atoms with E-state index in [0.29, 0.717) is 11.1 Å². The quantitative estimate of drug-likeness (QED) is 0.731. The fourth-order valence-electron chi connectivity index (χ4n) is 2.95. The molecule has 1 N–H and O–H groups in total. The SMILES string of the molecule is O=C1C(Nc2ccccc2)=C/C(=N/S(=O)(=O)c2ccccc2)c2ccccc21. The second-order valence-corrected chi connectivity index (χ2v) is 7.79. The normalized spacial score (nSPS) is 15.1. The molecule has 1 aliphatic carbocycles. The molecule has 6 heteroatoms. The minimum absolute atomic E-state index is 0.0999. The van der Waals surface area contributed by atoms with E-state index in [-0.39, 0.29) is 22.1 Å². The molecule has 0 aliphatic heterocycles. The van der Waals surface area contributed by atoms with E-state index in [9.17, 15) is 13.2 Å². The number of hydrogen-bond acceptors (Lipinski definition) is 4. The van der Waals surface area contributed by atoms with E-state index in [4.69, 9.17) is 0 Å². The van der Waals surface area contributed by atoms with Crippen LogP contribution in [-0.4, -0.2) is 19.9 Å². The van der Waals surface area contributed by atoms with Crippen molar-refractivity contribution in [1.29, 1.82) is 0 Å². The Labute approximate surface area is 163 Å². The average Bonchev–Trinajstić information content (AvgIpc) is 2.73. The van der Waals surface area contributed by atoms with Crippen molar-refractivity contribution in [1.82, 2.24) is 0 Å². The van der Waals surface area contributed by atoms with Crippen LogP contribution in [0.5, 0.6) is 0 Å². The molecule has 0 saturated carbocycles. The molecule has 28 heavy (non-hydrogen) atoms. The lowest BCUT2D eigenvalue weighted by Crippen LogP contribution is -2.22. The standard InChI is InChI=1S/C22H16N2O3S/c25-22-19-14-8-7-13-18(19)20(15-21(22)23-16-9-3-1-4-10-16)24-28(26,27)17-11-5-2-6-12-17/h1-15,23H/b24-20-. The maximum Gasteiger partial charge on any atom is 0.282 e. The van der Waals surface area contributed by atoms with Crippen LogP contribution in [0.2, 0.25) is 0 Å². The number of nitrogens with zero attached hydrogens (tertiary/aromatic N) is 1. The summed E-state index contributed by atoms with van der Waals surface area (Å²) in [6, 6.07) is 24.1. The third-order valence-electron chi connectivity index (χ3n) is 4.29. The van der Waals surface area contributed by atoms with Crippen LogP contribution < -0.4 is 5.32 Å². The van der Waals surface area contributed by atoms with Gasteiger partial charge in [-0.1, -0.05) is 60.7 Å². The number of carbonyl (C=O) groups excluding carboxylic acids is 1. The molecule has 0 bridgehead atoms. The number of para-hydroxylation sites is 1. The molecule has 3 aromatic rings. The van der Waals surface area contributed by atoms with Crippen molar-refractivity contribution in [2.24, 2.45) is 4.40 Å². The van der Waals surface area contributed by atoms with Gasteiger partial charge in [0, 0.05) is 16.8 Å². The first-order valence-corrected chi connectivity index (χ1v) is 10.1. The molecule has 138 valence electrons. The first kappa shape index (κ1) is 17.9. The van der Waals surface area contributed by atoms with Gasteiger partial charge in [0.15, 0.2) is 0 Å². The summed E-state index contributed by atoms with van der Waals surface area (Å²) in [5.41, 5.74) is 2.12. The van der Waals surface area contributed by atoms with Gasteiger partial charge in [-0.25, -0.2) is 0 Å². The molecular formula is C22H16N2O3S. The van der Waals surface area contributed by atoms with Crippen LogP contribution in [0.25, 0.3) is 0 Å². The van der Waals surface area contributed by atoms with Gasteiger partial charge in [-0.15, -0.1) is 0 Å². The van der Waals surface area contributed by atoms with Crippen molar-refractivity contribution in [3.05, 3.63) is 108 Å². The Bertz CT molecular complexity index is 1200. The number of allylic oxidation sites excluding steroid dienone is 2. The lowest BCUT2D eigenvalue weighted by Gasteiger charge is -2.18. The Morgan fingerprint density at radius 3 is 1.96 bits per heavy atom. The maximum atomic E-state index is 12.9. The summed E-state index contributed by atoms with van der Waals surface area (Å²) in [4.78, 5) is 13.0. The molecular weight excluding hydrogens is 372 g/mol. The summed E-state index contributed by atoms with van der Waals surface area (Å²) in [6.45, 7) is 0. The van der Waals surface area contributed by atoms with E-state index in [2.05, 4.69) is 9.71 Å². The molecule has 0 spiro atoms. The molecule has 0 aromatic heterocycles. The number of rotatable bonds is 4. The number of sulfonamides is 1. The van der Waals surface area contributed by atoms with Crippen molar-refractivity contribution in [3.8, 4) is 0 Å². The van der Waals surface area contributed by atoms with Gasteiger partial charge in [-0.05, 0) is 30.3 Å². The summed E-state index contributed by atoms with van der Waals surface area (Å²) in [5.74, 6) is -0.212. The van der Waals surface area contributed by atoms with Gasteiger partial charge in [0.05, 0.1) is 16.3 Å². The fraction of sp³-hybridized carbons (Fsp3) is 0. The molecule has 0 heterocycles. The van der Waals surface area contributed by atoms with Crippen molar-refractivity contribution in [3.63, 3.8) is 0 Å². The number of nitrogens with one attached hydrogen (secondary N) is 1. The summed E-state index contributed by atoms with van der Waals surface area (Å²) in [5, 5.41) is 3.06. The van der Waals surface area contributed by atoms with E-state index >= 15 is 0 Å². The molecule has 3 aromatic carbocycles. The summed E-state index contributed by atoms with van der Waals surface area (Å²) in [6.07, 6.45) is 1.48. The molecule has 0 saturated heterocycles. The van der Waals surface area contributed by atoms with Crippen LogP contribution in [0.4, 0.5) is 5.69 Å². The minimum atomic E-state index is -3.91. The van der Waals surface area contributed by atoms with Gasteiger partial charge in [0.1, 0.15) is 0 Å². The first-order valence-electron chi connectivity index (χ1n) is 8.62. The van der Waals surface area contributed by atoms with Gasteiger partial charge < -0.3 is 5.32 Å². The van der Waals surface area contributed by atoms with Gasteiger partial charge in [-0.3, -0.25) is 4.79 Å². The van der Waals surface area contributed by atoms with Crippen LogP contribution in [0, 0.1) is 0 Å². The smallest absolute Gasteiger partial charge is 0.282 e. The van der Waals surface area contributed by atoms with Crippen molar-refractivity contribution in [2.45, 2.75) is 4.90 Å². The Morgan fingerprint density at radius 1 is 0.714 bits per heavy atom. The predicted octanol–water partition coefficient (Wildman–Crippen LogP) is 4.06. The molecule has 0 fully saturated rings. The van der Waals surface area contributed by atoms with E-state index in [1.165, 1.54) is 18.2 Å². The third-order valence-corrected chi connectivity index (χ3v) is 5.59. The molecule has 5 nitrogen and oxygen atoms in total. The molecule has 0 atom stereocenters. The van der Waals surface area contributed by atoms with Crippen molar-refractivity contribution < 1.29 is 13.2 Å². The van der Waals surface area contributed by atoms with Gasteiger partial charge in [-0.2, -0.15) is 12.8 Å². The Morgan fingerprint density at radius 2 is 1.29 bits per heavy atom. The number of ketones is 1. The number of anilines is 1. The summed E-state index contributed by atoms with van der Waals surface area (Å²) >= 11 is 0. The molecule has 0 radical (unpaired) electrons. The second kappa shape index (κ2) is 7.25. The van der Waals surface area contributed by atoms with Gasteiger partial charge in [0.2, 0.25) is 5.78 Å². The summed E-state index contributed by atoms with van der Waals surface area (Å²) < 4.78 is 29.5. The van der Waals surface area contributed by atoms with Gasteiger partial charge >= 0.3 is 0 Å². The number of carbonyl (C=O) groups is 1. The lowest BCUT2D eigenvalue weighted by molar-refractivity contribution is 0.103. The number of Topliss-reactive ketones (excluding diaryl/α,β-unsaturated/α-hetero) is 1. The van der Waals surface area contributed by atoms with Crippen LogP contribution in [0.15, 0.2) is 106 Å². The van der Waals surface area contributed by atoms with E-state index in [0.717, 1.165) is 5.69 Å². The van der Waals surface area contributed by atoms with E-state index < -0.39 is 10.0 Å². The topological polar surface area (TPSA) is 75.6 Å². The van der Waals surface area contributed by atoms with Gasteiger partial charge in [0.25, 0.3) is 10.0 Å². The highest BCUT2D eigenvalue weighted by Crippen LogP contribution is 2.25. The largest absolute Gasteiger partial charge is 0.352 e. The zero-order valence-electron chi connectivity index (χ0n) is 14.7. The Hall–Kier alpha value is -3.51. The first-order chi connectivity index (χ1) is 13.5. The van der Waals surface area contributed by atoms with Crippen LogP contribution in [0.1, 0.15) is 15.9 Å². The second-order valence-electron chi connectivity index (χ2n) is 6.19. The molecule has 0 unspecified atom stereocenters. The lowest BCUT2D eigenvalue weighted by atomic mass is 9.92. The van der Waals surface area contributed by atoms with Crippen LogP contribution >= 0.6 is 0 Å². The number of fused-ring (bicyclic) bond motifs is 1. The summed E-state index contributed by atoms with van der Waals surface area (Å²) in [7, 11) is -3.91. The van der Waals surface area contributed by atoms with Crippen molar-refractivity contribution >= 4 is 27.2 Å². The van der Waals surface area contributed by atoms with Crippen LogP contribution in [-0.2, 0) is 10.0 Å². The van der Waals surface area contributed by atoms with Crippen molar-refractivity contribution in [2.75, 3.05) is 5.32 Å². The third kappa shape index (κ3) is 3.50. The average molecular weight is 388 g/mol. The molecule has 4 rings (SSSR count). The highest BCUT2D eigenvalue weighted by molar-refractivity contribution is 7.90. The highest BCUT2D eigenvalue weighted by atomic mass is 32.2. The fourth-order valence-corrected chi connectivity index (χ4v) is 3.97. The zero-order valence-corrected chi connectivity index (χ0v) is 15.6. The molecule has 0 amide bonds. The molecule has 1 aliphatic rings. The Balaban J connectivity index is 1.83. The maximum absolute atomic E-state index is 12.9. The minimum Gasteiger partial charge on any atom is -0.352 e. The number of hydrogen-bond donors (Lipinski definition) is 1. The van der Waals surface area contributed by atoms with E-state index in [1.807, 2.05) is 30.3 Å². The Kier molecular flexibility index (Phi) is 4.63. The monoisotopic (exact) mass is 388 g/mol. The predicted molar refractivity (Wildman–Crippen MR) is 109 cm³/mol. The van der Waals surface area contributed by atoms with E-state index in [1.54, 1.807) is 42.5 Å².